The lowest BCUT2D eigenvalue weighted by atomic mass is 9.96. The van der Waals surface area contributed by atoms with Gasteiger partial charge in [-0.3, -0.25) is 0 Å². The smallest absolute Gasteiger partial charge is 0.305 e. The van der Waals surface area contributed by atoms with Crippen molar-refractivity contribution >= 4 is 5.57 Å². The van der Waals surface area contributed by atoms with Crippen LogP contribution in [0.1, 0.15) is 30.0 Å². The van der Waals surface area contributed by atoms with Crippen LogP contribution in [-0.4, -0.2) is 19.8 Å². The molecule has 0 atom stereocenters. The molecular formula is C20H16F4O2. The molecule has 0 amide bonds. The maximum atomic E-state index is 15.1. The summed E-state index contributed by atoms with van der Waals surface area (Å²) in [5, 5.41) is 0. The molecule has 2 nitrogen and oxygen atoms in total. The van der Waals surface area contributed by atoms with Crippen LogP contribution < -0.4 is 4.74 Å². The van der Waals surface area contributed by atoms with Gasteiger partial charge >= 0.3 is 5.92 Å². The van der Waals surface area contributed by atoms with E-state index in [0.29, 0.717) is 18.6 Å². The molecule has 2 aromatic carbocycles. The van der Waals surface area contributed by atoms with Crippen LogP contribution in [0.5, 0.6) is 5.75 Å². The highest BCUT2D eigenvalue weighted by Crippen LogP contribution is 2.54. The molecule has 0 aromatic heterocycles. The Labute approximate surface area is 148 Å². The van der Waals surface area contributed by atoms with E-state index in [9.17, 15) is 4.39 Å². The lowest BCUT2D eigenvalue weighted by Gasteiger charge is -2.18. The first kappa shape index (κ1) is 17.1. The molecule has 0 N–H and O–H groups in total. The molecular weight excluding hydrogens is 348 g/mol. The molecule has 2 aliphatic rings. The molecule has 0 unspecified atom stereocenters. The molecule has 136 valence electrons. The zero-order valence-electron chi connectivity index (χ0n) is 14.0. The third-order valence-electron chi connectivity index (χ3n) is 4.72. The van der Waals surface area contributed by atoms with Gasteiger partial charge in [0.25, 0.3) is 0 Å². The van der Waals surface area contributed by atoms with Crippen molar-refractivity contribution in [3.05, 3.63) is 58.7 Å². The van der Waals surface area contributed by atoms with Crippen molar-refractivity contribution in [3.8, 4) is 16.9 Å². The van der Waals surface area contributed by atoms with E-state index in [4.69, 9.17) is 9.47 Å². The second kappa shape index (κ2) is 6.13. The number of fused-ring (bicyclic) bond motifs is 3. The van der Waals surface area contributed by atoms with Crippen molar-refractivity contribution in [2.24, 2.45) is 0 Å². The van der Waals surface area contributed by atoms with Crippen molar-refractivity contribution in [1.82, 2.24) is 0 Å². The average molecular weight is 364 g/mol. The summed E-state index contributed by atoms with van der Waals surface area (Å²) in [6, 6.07) is 5.52. The lowest BCUT2D eigenvalue weighted by Crippen LogP contribution is -2.17. The Morgan fingerprint density at radius 3 is 2.31 bits per heavy atom. The highest BCUT2D eigenvalue weighted by Gasteiger charge is 2.50. The Kier molecular flexibility index (Phi) is 4.03. The van der Waals surface area contributed by atoms with Crippen molar-refractivity contribution in [2.75, 3.05) is 19.8 Å². The Morgan fingerprint density at radius 1 is 1.00 bits per heavy atom. The number of benzene rings is 2. The van der Waals surface area contributed by atoms with Crippen LogP contribution >= 0.6 is 0 Å². The third-order valence-corrected chi connectivity index (χ3v) is 4.72. The molecule has 4 rings (SSSR count). The fourth-order valence-electron chi connectivity index (χ4n) is 3.58. The highest BCUT2D eigenvalue weighted by molar-refractivity contribution is 5.83. The average Bonchev–Trinajstić information content (AvgIpc) is 2.87. The zero-order chi connectivity index (χ0) is 18.5. The number of alkyl halides is 2. The van der Waals surface area contributed by atoms with Crippen LogP contribution in [0, 0.1) is 11.6 Å². The van der Waals surface area contributed by atoms with Crippen LogP contribution in [0.2, 0.25) is 0 Å². The molecule has 1 aliphatic carbocycles. The molecule has 26 heavy (non-hydrogen) atoms. The Hall–Kier alpha value is -2.34. The zero-order valence-corrected chi connectivity index (χ0v) is 14.0. The van der Waals surface area contributed by atoms with Crippen molar-refractivity contribution in [2.45, 2.75) is 19.3 Å². The van der Waals surface area contributed by atoms with Crippen LogP contribution in [0.15, 0.2) is 30.3 Å². The van der Waals surface area contributed by atoms with E-state index >= 15 is 13.2 Å². The fourth-order valence-corrected chi connectivity index (χ4v) is 3.58. The molecule has 1 heterocycles. The van der Waals surface area contributed by atoms with Crippen LogP contribution in [-0.2, 0) is 10.7 Å². The van der Waals surface area contributed by atoms with Gasteiger partial charge in [0.05, 0.1) is 30.9 Å². The Bertz CT molecular complexity index is 919. The van der Waals surface area contributed by atoms with Crippen molar-refractivity contribution in [1.29, 1.82) is 0 Å². The summed E-state index contributed by atoms with van der Waals surface area (Å²) >= 11 is 0. The molecule has 0 radical (unpaired) electrons. The van der Waals surface area contributed by atoms with Gasteiger partial charge in [0.1, 0.15) is 5.82 Å². The van der Waals surface area contributed by atoms with E-state index in [0.717, 1.165) is 0 Å². The van der Waals surface area contributed by atoms with Gasteiger partial charge in [-0.1, -0.05) is 18.2 Å². The minimum atomic E-state index is -3.78. The maximum absolute atomic E-state index is 15.1. The lowest BCUT2D eigenvalue weighted by molar-refractivity contribution is 0.0398. The SMILES string of the molecule is CCOc1ccc2c(c1F)C(F)(F)c1c-2ccc(C2=CCCOC2)c1F. The predicted molar refractivity (Wildman–Crippen MR) is 89.4 cm³/mol. The molecule has 0 fully saturated rings. The van der Waals surface area contributed by atoms with Gasteiger partial charge in [0.15, 0.2) is 11.6 Å². The minimum Gasteiger partial charge on any atom is -0.491 e. The largest absolute Gasteiger partial charge is 0.491 e. The van der Waals surface area contributed by atoms with E-state index in [1.165, 1.54) is 24.3 Å². The quantitative estimate of drug-likeness (QED) is 0.689. The fraction of sp³-hybridized carbons (Fsp3) is 0.300. The second-order valence-corrected chi connectivity index (χ2v) is 6.23. The van der Waals surface area contributed by atoms with Crippen LogP contribution in [0.25, 0.3) is 16.7 Å². The maximum Gasteiger partial charge on any atom is 0.305 e. The standard InChI is InChI=1S/C20H16F4O2/c1-2-26-15-8-7-14-13-6-5-12(11-4-3-9-25-10-11)18(21)16(13)20(23,24)17(14)19(15)22/h4-8H,2-3,9-10H2,1H3. The monoisotopic (exact) mass is 364 g/mol. The van der Waals surface area contributed by atoms with Gasteiger partial charge in [0.2, 0.25) is 0 Å². The first-order chi connectivity index (χ1) is 12.5. The predicted octanol–water partition coefficient (Wildman–Crippen LogP) is 5.29. The minimum absolute atomic E-state index is 0.00512. The normalized spacial score (nSPS) is 17.5. The first-order valence-corrected chi connectivity index (χ1v) is 8.41. The Morgan fingerprint density at radius 2 is 1.65 bits per heavy atom. The number of ether oxygens (including phenoxy) is 2. The van der Waals surface area contributed by atoms with Gasteiger partial charge in [-0.05, 0) is 42.2 Å². The second-order valence-electron chi connectivity index (χ2n) is 6.23. The topological polar surface area (TPSA) is 18.5 Å². The Balaban J connectivity index is 1.91. The molecule has 0 spiro atoms. The summed E-state index contributed by atoms with van der Waals surface area (Å²) < 4.78 is 70.1. The number of halogens is 4. The van der Waals surface area contributed by atoms with Gasteiger partial charge in [-0.25, -0.2) is 8.78 Å². The summed E-state index contributed by atoms with van der Waals surface area (Å²) in [5.74, 6) is -6.22. The summed E-state index contributed by atoms with van der Waals surface area (Å²) in [6.07, 6.45) is 2.37. The van der Waals surface area contributed by atoms with Crippen LogP contribution in [0.4, 0.5) is 17.6 Å². The molecule has 0 saturated heterocycles. The molecule has 1 aliphatic heterocycles. The van der Waals surface area contributed by atoms with Crippen molar-refractivity contribution in [3.63, 3.8) is 0 Å². The van der Waals surface area contributed by atoms with E-state index in [-0.39, 0.29) is 35.7 Å². The summed E-state index contributed by atoms with van der Waals surface area (Å²) in [7, 11) is 0. The number of hydrogen-bond donors (Lipinski definition) is 0. The first-order valence-electron chi connectivity index (χ1n) is 8.41. The molecule has 0 saturated carbocycles. The number of hydrogen-bond acceptors (Lipinski definition) is 2. The van der Waals surface area contributed by atoms with Crippen LogP contribution in [0.3, 0.4) is 0 Å². The van der Waals surface area contributed by atoms with E-state index < -0.39 is 28.7 Å². The summed E-state index contributed by atoms with van der Waals surface area (Å²) in [6.45, 7) is 2.45. The molecule has 2 aromatic rings. The molecule has 0 bridgehead atoms. The van der Waals surface area contributed by atoms with E-state index in [1.54, 1.807) is 13.0 Å². The van der Waals surface area contributed by atoms with E-state index in [2.05, 4.69) is 0 Å². The highest BCUT2D eigenvalue weighted by atomic mass is 19.3. The van der Waals surface area contributed by atoms with E-state index in [1.807, 2.05) is 0 Å². The molecule has 6 heteroatoms. The van der Waals surface area contributed by atoms with Crippen molar-refractivity contribution < 1.29 is 27.0 Å². The third kappa shape index (κ3) is 2.35. The van der Waals surface area contributed by atoms with Gasteiger partial charge in [-0.15, -0.1) is 0 Å². The summed E-state index contributed by atoms with van der Waals surface area (Å²) in [4.78, 5) is 0. The van der Waals surface area contributed by atoms with Gasteiger partial charge in [0, 0.05) is 5.56 Å². The number of rotatable bonds is 3. The summed E-state index contributed by atoms with van der Waals surface area (Å²) in [5.41, 5.74) is -1.02. The van der Waals surface area contributed by atoms with Gasteiger partial charge in [-0.2, -0.15) is 8.78 Å². The van der Waals surface area contributed by atoms with Gasteiger partial charge < -0.3 is 9.47 Å².